The fraction of sp³-hybridized carbons (Fsp3) is 0.448. The summed E-state index contributed by atoms with van der Waals surface area (Å²) < 4.78 is 28.3. The van der Waals surface area contributed by atoms with Crippen molar-refractivity contribution in [2.24, 2.45) is 0 Å². The van der Waals surface area contributed by atoms with Crippen LogP contribution in [0.3, 0.4) is 0 Å². The summed E-state index contributed by atoms with van der Waals surface area (Å²) in [6.07, 6.45) is 5.73. The molecular formula is C29H37N3O4S. The number of hydrogen-bond donors (Lipinski definition) is 1. The van der Waals surface area contributed by atoms with Crippen molar-refractivity contribution in [1.82, 2.24) is 14.2 Å². The number of rotatable bonds is 9. The molecular weight excluding hydrogens is 486 g/mol. The highest BCUT2D eigenvalue weighted by Gasteiger charge is 2.28. The predicted molar refractivity (Wildman–Crippen MR) is 148 cm³/mol. The lowest BCUT2D eigenvalue weighted by molar-refractivity contribution is -0.131. The van der Waals surface area contributed by atoms with Gasteiger partial charge in [0.2, 0.25) is 15.9 Å². The van der Waals surface area contributed by atoms with Crippen molar-refractivity contribution >= 4 is 32.7 Å². The third kappa shape index (κ3) is 5.74. The van der Waals surface area contributed by atoms with Gasteiger partial charge in [-0.05, 0) is 62.8 Å². The molecule has 1 fully saturated rings. The lowest BCUT2D eigenvalue weighted by atomic mass is 9.82. The molecule has 198 valence electrons. The summed E-state index contributed by atoms with van der Waals surface area (Å²) in [6.45, 7) is 6.81. The second-order valence-corrected chi connectivity index (χ2v) is 11.7. The Kier molecular flexibility index (Phi) is 8.37. The summed E-state index contributed by atoms with van der Waals surface area (Å²) in [5, 5.41) is 1.02. The number of fused-ring (bicyclic) bond motifs is 1. The molecule has 1 heterocycles. The molecule has 0 aliphatic heterocycles. The maximum Gasteiger partial charge on any atom is 0.264 e. The fourth-order valence-electron chi connectivity index (χ4n) is 5.48. The van der Waals surface area contributed by atoms with Crippen LogP contribution in [-0.2, 0) is 21.4 Å². The van der Waals surface area contributed by atoms with Crippen molar-refractivity contribution in [2.45, 2.75) is 65.3 Å². The van der Waals surface area contributed by atoms with E-state index in [-0.39, 0.29) is 23.8 Å². The number of carbonyl (C=O) groups excluding carboxylic acids is 2. The Hall–Kier alpha value is -3.13. The minimum Gasteiger partial charge on any atom is -0.342 e. The van der Waals surface area contributed by atoms with Gasteiger partial charge < -0.3 is 9.47 Å². The highest BCUT2D eigenvalue weighted by molar-refractivity contribution is 7.90. The second-order valence-electron chi connectivity index (χ2n) is 9.68. The Morgan fingerprint density at radius 3 is 2.27 bits per heavy atom. The number of nitrogens with one attached hydrogen (secondary N) is 1. The van der Waals surface area contributed by atoms with Crippen molar-refractivity contribution < 1.29 is 18.0 Å². The molecule has 4 rings (SSSR count). The third-order valence-corrected chi connectivity index (χ3v) is 8.72. The van der Waals surface area contributed by atoms with Crippen LogP contribution in [0.5, 0.6) is 0 Å². The van der Waals surface area contributed by atoms with Crippen molar-refractivity contribution in [1.29, 1.82) is 0 Å². The van der Waals surface area contributed by atoms with Gasteiger partial charge in [-0.15, -0.1) is 0 Å². The van der Waals surface area contributed by atoms with Crippen LogP contribution >= 0.6 is 0 Å². The molecule has 7 nitrogen and oxygen atoms in total. The summed E-state index contributed by atoms with van der Waals surface area (Å²) in [5.41, 5.74) is 4.31. The van der Waals surface area contributed by atoms with Crippen molar-refractivity contribution in [3.63, 3.8) is 0 Å². The minimum absolute atomic E-state index is 0.0118. The molecule has 8 heteroatoms. The molecule has 2 aromatic carbocycles. The largest absolute Gasteiger partial charge is 0.342 e. The number of aromatic nitrogens is 1. The van der Waals surface area contributed by atoms with Crippen molar-refractivity contribution in [3.8, 4) is 11.3 Å². The van der Waals surface area contributed by atoms with E-state index in [1.165, 1.54) is 31.7 Å². The third-order valence-electron chi connectivity index (χ3n) is 7.46. The molecule has 37 heavy (non-hydrogen) atoms. The first kappa shape index (κ1) is 26.9. The van der Waals surface area contributed by atoms with Crippen LogP contribution < -0.4 is 4.72 Å². The molecule has 3 aromatic rings. The molecule has 1 saturated carbocycles. The average molecular weight is 524 g/mol. The number of benzene rings is 2. The van der Waals surface area contributed by atoms with E-state index < -0.39 is 15.9 Å². The highest BCUT2D eigenvalue weighted by Crippen LogP contribution is 2.44. The van der Waals surface area contributed by atoms with Gasteiger partial charge in [-0.25, -0.2) is 13.1 Å². The van der Waals surface area contributed by atoms with E-state index in [0.29, 0.717) is 19.0 Å². The zero-order valence-electron chi connectivity index (χ0n) is 22.0. The van der Waals surface area contributed by atoms with Gasteiger partial charge in [0.1, 0.15) is 6.54 Å². The van der Waals surface area contributed by atoms with Crippen LogP contribution in [0.25, 0.3) is 22.2 Å². The maximum atomic E-state index is 13.4. The van der Waals surface area contributed by atoms with Gasteiger partial charge in [-0.3, -0.25) is 9.59 Å². The maximum absolute atomic E-state index is 13.4. The Morgan fingerprint density at radius 2 is 1.65 bits per heavy atom. The average Bonchev–Trinajstić information content (AvgIpc) is 3.23. The topological polar surface area (TPSA) is 88.5 Å². The van der Waals surface area contributed by atoms with E-state index in [4.69, 9.17) is 0 Å². The van der Waals surface area contributed by atoms with Crippen LogP contribution in [-0.4, -0.2) is 48.5 Å². The van der Waals surface area contributed by atoms with E-state index >= 15 is 0 Å². The van der Waals surface area contributed by atoms with Crippen molar-refractivity contribution in [2.75, 3.05) is 18.8 Å². The molecule has 0 atom stereocenters. The summed E-state index contributed by atoms with van der Waals surface area (Å²) in [5.74, 6) is -0.471. The molecule has 1 aromatic heterocycles. The quantitative estimate of drug-likeness (QED) is 0.412. The molecule has 0 unspecified atom stereocenters. The van der Waals surface area contributed by atoms with Crippen LogP contribution in [0, 0.1) is 0 Å². The second kappa shape index (κ2) is 11.5. The van der Waals surface area contributed by atoms with Crippen LogP contribution in [0.1, 0.15) is 74.7 Å². The van der Waals surface area contributed by atoms with Gasteiger partial charge >= 0.3 is 0 Å². The number of likely N-dealkylation sites (N-methyl/N-ethyl adjacent to an activating group) is 1. The van der Waals surface area contributed by atoms with E-state index in [1.54, 1.807) is 12.1 Å². The summed E-state index contributed by atoms with van der Waals surface area (Å²) in [7, 11) is -3.70. The van der Waals surface area contributed by atoms with E-state index in [0.717, 1.165) is 35.0 Å². The number of hydrogen-bond acceptors (Lipinski definition) is 4. The van der Waals surface area contributed by atoms with Crippen LogP contribution in [0.15, 0.2) is 48.5 Å². The first-order valence-corrected chi connectivity index (χ1v) is 15.0. The SMILES string of the molecule is CCN(CC)C(=O)Cn1c(-c2ccccc2)c(C2CCCCC2)c2ccc(C(=O)NS(=O)(=O)CC)cc21. The number of carbonyl (C=O) groups is 2. The van der Waals surface area contributed by atoms with Gasteiger partial charge in [0.15, 0.2) is 0 Å². The van der Waals surface area contributed by atoms with Gasteiger partial charge in [-0.2, -0.15) is 0 Å². The number of nitrogens with zero attached hydrogens (tertiary/aromatic N) is 2. The minimum atomic E-state index is -3.70. The fourth-order valence-corrected chi connectivity index (χ4v) is 6.02. The molecule has 0 saturated heterocycles. The number of amides is 2. The summed E-state index contributed by atoms with van der Waals surface area (Å²) in [6, 6.07) is 15.5. The molecule has 1 N–H and O–H groups in total. The molecule has 1 aliphatic rings. The van der Waals surface area contributed by atoms with Gasteiger partial charge in [-0.1, -0.05) is 55.7 Å². The van der Waals surface area contributed by atoms with Crippen LogP contribution in [0.4, 0.5) is 0 Å². The highest BCUT2D eigenvalue weighted by atomic mass is 32.2. The Morgan fingerprint density at radius 1 is 0.973 bits per heavy atom. The monoisotopic (exact) mass is 523 g/mol. The lowest BCUT2D eigenvalue weighted by Crippen LogP contribution is -2.33. The standard InChI is InChI=1S/C29H37N3O4S/c1-4-31(5-2)26(33)20-32-25-19-23(29(34)30-37(35,36)6-3)17-18-24(25)27(21-13-9-7-10-14-21)28(32)22-15-11-8-12-16-22/h8,11-12,15-19,21H,4-7,9-10,13-14,20H2,1-3H3,(H,30,34). The molecule has 0 bridgehead atoms. The van der Waals surface area contributed by atoms with E-state index in [2.05, 4.69) is 16.9 Å². The Balaban J connectivity index is 1.96. The zero-order chi connectivity index (χ0) is 26.6. The predicted octanol–water partition coefficient (Wildman–Crippen LogP) is 5.30. The van der Waals surface area contributed by atoms with Crippen LogP contribution in [0.2, 0.25) is 0 Å². The van der Waals surface area contributed by atoms with Gasteiger partial charge in [0.05, 0.1) is 17.0 Å². The molecule has 0 spiro atoms. The molecule has 2 amide bonds. The van der Waals surface area contributed by atoms with E-state index in [9.17, 15) is 18.0 Å². The lowest BCUT2D eigenvalue weighted by Gasteiger charge is -2.24. The molecule has 1 aliphatic carbocycles. The Bertz CT molecular complexity index is 1370. The smallest absolute Gasteiger partial charge is 0.264 e. The van der Waals surface area contributed by atoms with Crippen molar-refractivity contribution in [3.05, 3.63) is 59.7 Å². The first-order valence-electron chi connectivity index (χ1n) is 13.3. The normalized spacial score (nSPS) is 14.6. The number of sulfonamides is 1. The summed E-state index contributed by atoms with van der Waals surface area (Å²) >= 11 is 0. The van der Waals surface area contributed by atoms with Gasteiger partial charge in [0, 0.05) is 24.0 Å². The zero-order valence-corrected chi connectivity index (χ0v) is 22.8. The Labute approximate surface area is 219 Å². The molecule has 0 radical (unpaired) electrons. The first-order chi connectivity index (χ1) is 17.8. The van der Waals surface area contributed by atoms with E-state index in [1.807, 2.05) is 47.6 Å². The summed E-state index contributed by atoms with van der Waals surface area (Å²) in [4.78, 5) is 28.1. The van der Waals surface area contributed by atoms with Gasteiger partial charge in [0.25, 0.3) is 5.91 Å².